The molecule has 0 aliphatic rings. The highest BCUT2D eigenvalue weighted by Gasteiger charge is 2.13. The molecule has 2 N–H and O–H groups in total. The third-order valence-electron chi connectivity index (χ3n) is 1.87. The molecule has 0 heterocycles. The molecule has 17 heavy (non-hydrogen) atoms. The first-order valence-corrected chi connectivity index (χ1v) is 8.78. The van der Waals surface area contributed by atoms with Crippen LogP contribution in [0.5, 0.6) is 0 Å². The van der Waals surface area contributed by atoms with Crippen molar-refractivity contribution in [1.29, 1.82) is 0 Å². The summed E-state index contributed by atoms with van der Waals surface area (Å²) in [5.41, 5.74) is 0. The third kappa shape index (κ3) is 9.48. The molecule has 0 atom stereocenters. The number of nitrogens with one attached hydrogen (secondary N) is 2. The highest BCUT2D eigenvalue weighted by Crippen LogP contribution is 1.95. The molecule has 0 saturated carbocycles. The van der Waals surface area contributed by atoms with Crippen molar-refractivity contribution in [2.45, 2.75) is 39.5 Å². The highest BCUT2D eigenvalue weighted by atomic mass is 32.2. The third-order valence-corrected chi connectivity index (χ3v) is 4.20. The molecule has 0 radical (unpaired) electrons. The number of unbranched alkanes of at least 4 members (excludes halogenated alkanes) is 2. The minimum absolute atomic E-state index is 0.0970. The molecular formula is C8H20N2O5S2. The van der Waals surface area contributed by atoms with E-state index in [0.717, 1.165) is 12.8 Å². The molecule has 0 amide bonds. The van der Waals surface area contributed by atoms with E-state index in [1.54, 1.807) is 9.77 Å². The summed E-state index contributed by atoms with van der Waals surface area (Å²) in [5.74, 6) is -0.194. The summed E-state index contributed by atoms with van der Waals surface area (Å²) >= 11 is 0. The van der Waals surface area contributed by atoms with Crippen molar-refractivity contribution in [1.82, 2.24) is 9.77 Å². The molecule has 0 spiro atoms. The Hall–Kier alpha value is -0.220. The number of rotatable bonds is 10. The van der Waals surface area contributed by atoms with Crippen LogP contribution in [-0.4, -0.2) is 28.3 Å². The normalized spacial score (nSPS) is 12.8. The largest absolute Gasteiger partial charge is 0.235 e. The summed E-state index contributed by atoms with van der Waals surface area (Å²) in [6.45, 7) is 3.70. The quantitative estimate of drug-likeness (QED) is 0.562. The van der Waals surface area contributed by atoms with Crippen LogP contribution in [0.4, 0.5) is 0 Å². The van der Waals surface area contributed by atoms with Crippen LogP contribution >= 0.6 is 0 Å². The Labute approximate surface area is 103 Å². The lowest BCUT2D eigenvalue weighted by molar-refractivity contribution is 0.0533. The van der Waals surface area contributed by atoms with Gasteiger partial charge in [-0.2, -0.15) is 4.94 Å². The van der Waals surface area contributed by atoms with Crippen LogP contribution in [0.3, 0.4) is 0 Å². The number of sulfonamides is 2. The van der Waals surface area contributed by atoms with Crippen LogP contribution in [0.1, 0.15) is 39.5 Å². The Morgan fingerprint density at radius 2 is 1.18 bits per heavy atom. The maximum Gasteiger partial charge on any atom is 0.235 e. The molecular weight excluding hydrogens is 268 g/mol. The number of hydrogen-bond acceptors (Lipinski definition) is 5. The fourth-order valence-electron chi connectivity index (χ4n) is 0.896. The second kappa shape index (κ2) is 7.98. The van der Waals surface area contributed by atoms with Crippen LogP contribution < -0.4 is 9.77 Å². The van der Waals surface area contributed by atoms with Crippen LogP contribution in [0.25, 0.3) is 0 Å². The molecule has 0 unspecified atom stereocenters. The van der Waals surface area contributed by atoms with Gasteiger partial charge in [-0.3, -0.25) is 0 Å². The molecule has 0 aliphatic carbocycles. The number of hydrogen-bond donors (Lipinski definition) is 2. The first-order valence-electron chi connectivity index (χ1n) is 5.47. The van der Waals surface area contributed by atoms with Crippen molar-refractivity contribution in [3.63, 3.8) is 0 Å². The lowest BCUT2D eigenvalue weighted by Crippen LogP contribution is -2.36. The van der Waals surface area contributed by atoms with Gasteiger partial charge < -0.3 is 0 Å². The van der Waals surface area contributed by atoms with Crippen LogP contribution in [0.2, 0.25) is 0 Å². The molecule has 7 nitrogen and oxygen atoms in total. The minimum atomic E-state index is -3.59. The van der Waals surface area contributed by atoms with Crippen molar-refractivity contribution in [2.24, 2.45) is 0 Å². The zero-order valence-corrected chi connectivity index (χ0v) is 11.7. The average molecular weight is 288 g/mol. The Bertz CT molecular complexity index is 352. The maximum atomic E-state index is 11.2. The summed E-state index contributed by atoms with van der Waals surface area (Å²) < 4.78 is 44.9. The standard InChI is InChI=1S/C8H20N2O5S2/c1-3-5-7-16(11,12)9-15-10-17(13,14)8-6-4-2/h9-10H,3-8H2,1-2H3. The van der Waals surface area contributed by atoms with E-state index in [4.69, 9.17) is 0 Å². The fraction of sp³-hybridized carbons (Fsp3) is 1.00. The molecule has 9 heteroatoms. The van der Waals surface area contributed by atoms with E-state index in [2.05, 4.69) is 4.94 Å². The van der Waals surface area contributed by atoms with Crippen LogP contribution in [0.15, 0.2) is 0 Å². The Morgan fingerprint density at radius 3 is 1.47 bits per heavy atom. The SMILES string of the molecule is CCCCS(=O)(=O)NONS(=O)(=O)CCCC. The smallest absolute Gasteiger partial charge is 0.210 e. The highest BCUT2D eigenvalue weighted by molar-refractivity contribution is 7.89. The van der Waals surface area contributed by atoms with Gasteiger partial charge in [0.2, 0.25) is 20.0 Å². The summed E-state index contributed by atoms with van der Waals surface area (Å²) in [5, 5.41) is 0. The van der Waals surface area contributed by atoms with Gasteiger partial charge in [0.05, 0.1) is 11.5 Å². The molecule has 0 saturated heterocycles. The minimum Gasteiger partial charge on any atom is -0.210 e. The van der Waals surface area contributed by atoms with E-state index >= 15 is 0 Å². The van der Waals surface area contributed by atoms with Gasteiger partial charge in [0.25, 0.3) is 0 Å². The van der Waals surface area contributed by atoms with E-state index in [0.29, 0.717) is 12.8 Å². The van der Waals surface area contributed by atoms with Gasteiger partial charge in [-0.25, -0.2) is 16.8 Å². The van der Waals surface area contributed by atoms with E-state index in [1.807, 2.05) is 13.8 Å². The van der Waals surface area contributed by atoms with Crippen molar-refractivity contribution < 1.29 is 21.8 Å². The van der Waals surface area contributed by atoms with Gasteiger partial charge in [-0.15, -0.1) is 0 Å². The van der Waals surface area contributed by atoms with Crippen molar-refractivity contribution in [3.8, 4) is 0 Å². The average Bonchev–Trinajstić information content (AvgIpc) is 2.23. The van der Waals surface area contributed by atoms with Crippen LogP contribution in [-0.2, 0) is 25.0 Å². The Morgan fingerprint density at radius 1 is 0.824 bits per heavy atom. The van der Waals surface area contributed by atoms with E-state index in [9.17, 15) is 16.8 Å². The Balaban J connectivity index is 3.98. The molecule has 0 aromatic rings. The molecule has 0 aromatic heterocycles. The first-order chi connectivity index (χ1) is 7.83. The Kier molecular flexibility index (Phi) is 7.88. The topological polar surface area (TPSA) is 102 Å². The predicted molar refractivity (Wildman–Crippen MR) is 64.7 cm³/mol. The summed E-state index contributed by atoms with van der Waals surface area (Å²) in [6, 6.07) is 0. The lowest BCUT2D eigenvalue weighted by Gasteiger charge is -2.07. The van der Waals surface area contributed by atoms with E-state index in [-0.39, 0.29) is 11.5 Å². The molecule has 0 aliphatic heterocycles. The predicted octanol–water partition coefficient (Wildman–Crippen LogP) is 0.272. The zero-order chi connectivity index (χ0) is 13.4. The fourth-order valence-corrected chi connectivity index (χ4v) is 2.79. The van der Waals surface area contributed by atoms with E-state index in [1.165, 1.54) is 0 Å². The first kappa shape index (κ1) is 16.8. The van der Waals surface area contributed by atoms with Gasteiger partial charge in [0, 0.05) is 0 Å². The monoisotopic (exact) mass is 288 g/mol. The summed E-state index contributed by atoms with van der Waals surface area (Å²) in [4.78, 5) is 7.70. The van der Waals surface area contributed by atoms with Gasteiger partial charge in [0.15, 0.2) is 0 Å². The second-order valence-corrected chi connectivity index (χ2v) is 7.22. The zero-order valence-electron chi connectivity index (χ0n) is 10.1. The van der Waals surface area contributed by atoms with Crippen LogP contribution in [0, 0.1) is 0 Å². The lowest BCUT2D eigenvalue weighted by atomic mass is 10.4. The van der Waals surface area contributed by atoms with Gasteiger partial charge in [0.1, 0.15) is 0 Å². The van der Waals surface area contributed by atoms with Gasteiger partial charge in [-0.05, 0) is 12.8 Å². The molecule has 0 fully saturated rings. The van der Waals surface area contributed by atoms with Crippen molar-refractivity contribution in [2.75, 3.05) is 11.5 Å². The second-order valence-electron chi connectivity index (χ2n) is 3.61. The van der Waals surface area contributed by atoms with Gasteiger partial charge >= 0.3 is 0 Å². The maximum absolute atomic E-state index is 11.2. The summed E-state index contributed by atoms with van der Waals surface area (Å²) in [6.07, 6.45) is 2.43. The molecule has 0 aromatic carbocycles. The van der Waals surface area contributed by atoms with Gasteiger partial charge in [-0.1, -0.05) is 36.5 Å². The molecule has 104 valence electrons. The van der Waals surface area contributed by atoms with E-state index < -0.39 is 20.0 Å². The molecule has 0 rings (SSSR count). The molecule has 0 bridgehead atoms. The summed E-state index contributed by atoms with van der Waals surface area (Å²) in [7, 11) is -7.17. The van der Waals surface area contributed by atoms with Crippen molar-refractivity contribution >= 4 is 20.0 Å². The van der Waals surface area contributed by atoms with Crippen molar-refractivity contribution in [3.05, 3.63) is 0 Å².